The summed E-state index contributed by atoms with van der Waals surface area (Å²) in [4.78, 5) is 28.9. The van der Waals surface area contributed by atoms with Gasteiger partial charge in [0.05, 0.1) is 7.11 Å². The highest BCUT2D eigenvalue weighted by atomic mass is 32.2. The normalized spacial score (nSPS) is 14.2. The molecule has 44 heavy (non-hydrogen) atoms. The molecule has 1 saturated carbocycles. The number of carbonyl (C=O) groups excluding carboxylic acids is 2. The number of amides is 1. The molecule has 0 heterocycles. The zero-order valence-electron chi connectivity index (χ0n) is 27.1. The van der Waals surface area contributed by atoms with E-state index < -0.39 is 12.0 Å². The minimum absolute atomic E-state index is 0.254. The number of nitrogens with one attached hydrogen (secondary N) is 1. The van der Waals surface area contributed by atoms with Crippen molar-refractivity contribution in [3.05, 3.63) is 89.0 Å². The van der Waals surface area contributed by atoms with Gasteiger partial charge in [-0.25, -0.2) is 4.79 Å². The molecule has 5 nitrogen and oxygen atoms in total. The van der Waals surface area contributed by atoms with E-state index in [-0.39, 0.29) is 5.91 Å². The SMILES string of the molecule is CCCCc1ccccc1N(Cc1ccc(C(=O)N[C@@H](CCSC)C(=O)OC)c(-c2ccccc2C)c1)CC1CCCCC1. The minimum atomic E-state index is -0.685. The largest absolute Gasteiger partial charge is 0.467 e. The maximum absolute atomic E-state index is 13.8. The summed E-state index contributed by atoms with van der Waals surface area (Å²) in [6.07, 6.45) is 12.5. The molecular formula is C38H50N2O3S. The van der Waals surface area contributed by atoms with Crippen LogP contribution in [-0.2, 0) is 22.5 Å². The molecule has 0 bridgehead atoms. The molecule has 0 spiro atoms. The van der Waals surface area contributed by atoms with Crippen molar-refractivity contribution in [1.29, 1.82) is 0 Å². The molecule has 0 unspecified atom stereocenters. The fourth-order valence-electron chi connectivity index (χ4n) is 6.40. The highest BCUT2D eigenvalue weighted by molar-refractivity contribution is 7.98. The number of rotatable bonds is 15. The number of anilines is 1. The molecule has 236 valence electrons. The number of methoxy groups -OCH3 is 1. The van der Waals surface area contributed by atoms with Crippen LogP contribution in [0, 0.1) is 12.8 Å². The van der Waals surface area contributed by atoms with Gasteiger partial charge in [0.2, 0.25) is 0 Å². The number of aryl methyl sites for hydroxylation is 2. The van der Waals surface area contributed by atoms with E-state index in [0.29, 0.717) is 17.9 Å². The van der Waals surface area contributed by atoms with Crippen LogP contribution in [0.1, 0.15) is 85.3 Å². The monoisotopic (exact) mass is 614 g/mol. The van der Waals surface area contributed by atoms with Crippen LogP contribution in [-0.4, -0.2) is 43.6 Å². The number of ether oxygens (including phenoxy) is 1. The summed E-state index contributed by atoms with van der Waals surface area (Å²) in [5.41, 5.74) is 7.52. The molecule has 1 fully saturated rings. The molecule has 0 aliphatic heterocycles. The predicted octanol–water partition coefficient (Wildman–Crippen LogP) is 8.62. The molecule has 0 radical (unpaired) electrons. The Hall–Kier alpha value is -3.25. The zero-order chi connectivity index (χ0) is 31.3. The van der Waals surface area contributed by atoms with Gasteiger partial charge in [-0.05, 0) is 103 Å². The lowest BCUT2D eigenvalue weighted by Gasteiger charge is -2.33. The lowest BCUT2D eigenvalue weighted by Crippen LogP contribution is -2.42. The van der Waals surface area contributed by atoms with Crippen LogP contribution in [0.4, 0.5) is 5.69 Å². The quantitative estimate of drug-likeness (QED) is 0.174. The molecule has 0 saturated heterocycles. The van der Waals surface area contributed by atoms with Crippen molar-refractivity contribution in [3.8, 4) is 11.1 Å². The van der Waals surface area contributed by atoms with Gasteiger partial charge in [0.15, 0.2) is 0 Å². The number of para-hydroxylation sites is 1. The molecule has 0 aromatic heterocycles. The minimum Gasteiger partial charge on any atom is -0.467 e. The van der Waals surface area contributed by atoms with Crippen LogP contribution in [0.3, 0.4) is 0 Å². The van der Waals surface area contributed by atoms with Gasteiger partial charge in [-0.2, -0.15) is 11.8 Å². The second-order valence-corrected chi connectivity index (χ2v) is 13.1. The molecule has 1 atom stereocenters. The Morgan fingerprint density at radius 3 is 2.48 bits per heavy atom. The Bertz CT molecular complexity index is 1370. The first-order chi connectivity index (χ1) is 21.4. The summed E-state index contributed by atoms with van der Waals surface area (Å²) < 4.78 is 5.01. The number of benzene rings is 3. The Kier molecular flexibility index (Phi) is 13.2. The Morgan fingerprint density at radius 2 is 1.75 bits per heavy atom. The zero-order valence-corrected chi connectivity index (χ0v) is 27.9. The van der Waals surface area contributed by atoms with E-state index in [1.54, 1.807) is 11.8 Å². The Labute approximate surface area is 269 Å². The molecule has 1 N–H and O–H groups in total. The van der Waals surface area contributed by atoms with Crippen LogP contribution in [0.25, 0.3) is 11.1 Å². The van der Waals surface area contributed by atoms with E-state index in [4.69, 9.17) is 4.74 Å². The molecule has 1 aliphatic carbocycles. The van der Waals surface area contributed by atoms with E-state index in [1.165, 1.54) is 68.9 Å². The van der Waals surface area contributed by atoms with Crippen LogP contribution >= 0.6 is 11.8 Å². The molecule has 1 amide bonds. The summed E-state index contributed by atoms with van der Waals surface area (Å²) in [5.74, 6) is 0.775. The number of carbonyl (C=O) groups is 2. The van der Waals surface area contributed by atoms with Crippen LogP contribution in [0.5, 0.6) is 0 Å². The van der Waals surface area contributed by atoms with Crippen LogP contribution in [0.2, 0.25) is 0 Å². The van der Waals surface area contributed by atoms with Gasteiger partial charge in [0, 0.05) is 24.3 Å². The third-order valence-electron chi connectivity index (χ3n) is 8.87. The van der Waals surface area contributed by atoms with Gasteiger partial charge in [-0.3, -0.25) is 4.79 Å². The number of esters is 1. The van der Waals surface area contributed by atoms with Crippen LogP contribution < -0.4 is 10.2 Å². The number of nitrogens with zero attached hydrogens (tertiary/aromatic N) is 1. The van der Waals surface area contributed by atoms with Crippen molar-refractivity contribution >= 4 is 29.3 Å². The summed E-state index contributed by atoms with van der Waals surface area (Å²) in [6, 6.07) is 22.7. The smallest absolute Gasteiger partial charge is 0.328 e. The number of hydrogen-bond donors (Lipinski definition) is 1. The first-order valence-corrected chi connectivity index (χ1v) is 17.7. The molecular weight excluding hydrogens is 564 g/mol. The van der Waals surface area contributed by atoms with E-state index in [9.17, 15) is 9.59 Å². The standard InChI is InChI=1S/C38H50N2O3S/c1-5-6-17-31-18-11-13-20-36(31)40(26-29-15-8-7-9-16-29)27-30-21-22-33(34(25-30)32-19-12-10-14-28(32)2)37(41)39-35(23-24-44-4)38(42)43-3/h10-14,18-22,25,29,35H,5-9,15-17,23-24,26-27H2,1-4H3,(H,39,41)/t35-/m0/s1. The summed E-state index contributed by atoms with van der Waals surface area (Å²) >= 11 is 1.64. The van der Waals surface area contributed by atoms with Crippen molar-refractivity contribution in [3.63, 3.8) is 0 Å². The van der Waals surface area contributed by atoms with E-state index in [0.717, 1.165) is 42.0 Å². The Morgan fingerprint density at radius 1 is 1.00 bits per heavy atom. The molecule has 3 aromatic carbocycles. The number of unbranched alkanes of at least 4 members (excludes halogenated alkanes) is 1. The van der Waals surface area contributed by atoms with Gasteiger partial charge in [0.1, 0.15) is 6.04 Å². The van der Waals surface area contributed by atoms with E-state index in [1.807, 2.05) is 24.5 Å². The maximum atomic E-state index is 13.8. The first kappa shape index (κ1) is 33.6. The van der Waals surface area contributed by atoms with E-state index in [2.05, 4.69) is 72.6 Å². The second-order valence-electron chi connectivity index (χ2n) is 12.1. The summed E-state index contributed by atoms with van der Waals surface area (Å²) in [6.45, 7) is 6.16. The molecule has 1 aliphatic rings. The maximum Gasteiger partial charge on any atom is 0.328 e. The van der Waals surface area contributed by atoms with Crippen molar-refractivity contribution in [2.24, 2.45) is 5.92 Å². The highest BCUT2D eigenvalue weighted by Crippen LogP contribution is 2.33. The molecule has 6 heteroatoms. The second kappa shape index (κ2) is 17.3. The van der Waals surface area contributed by atoms with Crippen LogP contribution in [0.15, 0.2) is 66.7 Å². The average Bonchev–Trinajstić information content (AvgIpc) is 3.05. The average molecular weight is 615 g/mol. The van der Waals surface area contributed by atoms with Gasteiger partial charge < -0.3 is 15.0 Å². The van der Waals surface area contributed by atoms with Crippen molar-refractivity contribution in [1.82, 2.24) is 5.32 Å². The summed E-state index contributed by atoms with van der Waals surface area (Å²) in [5, 5.41) is 2.98. The lowest BCUT2D eigenvalue weighted by molar-refractivity contribution is -0.142. The van der Waals surface area contributed by atoms with Crippen molar-refractivity contribution in [2.75, 3.05) is 30.6 Å². The van der Waals surface area contributed by atoms with Gasteiger partial charge in [0.25, 0.3) is 5.91 Å². The van der Waals surface area contributed by atoms with Gasteiger partial charge in [-0.15, -0.1) is 0 Å². The Balaban J connectivity index is 1.71. The van der Waals surface area contributed by atoms with Gasteiger partial charge >= 0.3 is 5.97 Å². The topological polar surface area (TPSA) is 58.6 Å². The number of hydrogen-bond acceptors (Lipinski definition) is 5. The number of thioether (sulfide) groups is 1. The third kappa shape index (κ3) is 9.13. The lowest BCUT2D eigenvalue weighted by atomic mass is 9.88. The van der Waals surface area contributed by atoms with Crippen molar-refractivity contribution in [2.45, 2.75) is 84.2 Å². The van der Waals surface area contributed by atoms with E-state index >= 15 is 0 Å². The van der Waals surface area contributed by atoms with Gasteiger partial charge in [-0.1, -0.05) is 81.1 Å². The first-order valence-electron chi connectivity index (χ1n) is 16.3. The molecule has 4 rings (SSSR count). The van der Waals surface area contributed by atoms with Crippen molar-refractivity contribution < 1.29 is 14.3 Å². The third-order valence-corrected chi connectivity index (χ3v) is 9.52. The summed E-state index contributed by atoms with van der Waals surface area (Å²) in [7, 11) is 1.37. The fourth-order valence-corrected chi connectivity index (χ4v) is 6.87. The molecule has 3 aromatic rings. The highest BCUT2D eigenvalue weighted by Gasteiger charge is 2.25. The fraction of sp³-hybridized carbons (Fsp3) is 0.474. The predicted molar refractivity (Wildman–Crippen MR) is 186 cm³/mol.